The number of rotatable bonds is 3. The largest absolute Gasteiger partial charge is 0.347 e. The predicted molar refractivity (Wildman–Crippen MR) is 109 cm³/mol. The van der Waals surface area contributed by atoms with E-state index in [1.165, 1.54) is 29.0 Å². The number of hydrogen-bond acceptors (Lipinski definition) is 4. The molecule has 4 rings (SSSR count). The minimum absolute atomic E-state index is 0.0545. The Hall–Kier alpha value is -2.47. The average molecular weight is 383 g/mol. The van der Waals surface area contributed by atoms with Crippen molar-refractivity contribution in [3.63, 3.8) is 0 Å². The molecule has 1 aromatic heterocycles. The number of nitrogens with zero attached hydrogens (tertiary/aromatic N) is 2. The molecule has 0 radical (unpaired) electrons. The molecule has 1 aliphatic heterocycles. The Morgan fingerprint density at radius 1 is 1.26 bits per heavy atom. The van der Waals surface area contributed by atoms with E-state index in [1.54, 1.807) is 6.07 Å². The fraction of sp³-hybridized carbons (Fsp3) is 0.333. The lowest BCUT2D eigenvalue weighted by Crippen LogP contribution is -2.40. The molecule has 1 fully saturated rings. The van der Waals surface area contributed by atoms with E-state index in [4.69, 9.17) is 0 Å². The van der Waals surface area contributed by atoms with Gasteiger partial charge < -0.3 is 10.2 Å². The number of amides is 1. The van der Waals surface area contributed by atoms with Crippen LogP contribution in [0.3, 0.4) is 0 Å². The monoisotopic (exact) mass is 383 g/mol. The number of piperidine rings is 1. The normalized spacial score (nSPS) is 17.3. The third-order valence-corrected chi connectivity index (χ3v) is 6.12. The van der Waals surface area contributed by atoms with Crippen molar-refractivity contribution in [2.75, 3.05) is 23.3 Å². The number of benzene rings is 2. The lowest BCUT2D eigenvalue weighted by atomic mass is 9.97. The smallest absolute Gasteiger partial charge is 0.229 e. The van der Waals surface area contributed by atoms with E-state index in [0.29, 0.717) is 6.54 Å². The Bertz CT molecular complexity index is 1000. The number of carbonyl (C=O) groups excluding carboxylic acids is 1. The Kier molecular flexibility index (Phi) is 4.83. The van der Waals surface area contributed by atoms with Crippen molar-refractivity contribution in [3.05, 3.63) is 53.3 Å². The molecule has 2 aromatic carbocycles. The summed E-state index contributed by atoms with van der Waals surface area (Å²) in [6.07, 6.45) is 1.81. The van der Waals surface area contributed by atoms with Crippen LogP contribution < -0.4 is 10.2 Å². The number of aromatic nitrogens is 1. The van der Waals surface area contributed by atoms with Gasteiger partial charge in [0.15, 0.2) is 5.13 Å². The van der Waals surface area contributed by atoms with Gasteiger partial charge in [0.2, 0.25) is 5.91 Å². The van der Waals surface area contributed by atoms with Gasteiger partial charge in [0.05, 0.1) is 16.1 Å². The number of anilines is 2. The maximum Gasteiger partial charge on any atom is 0.229 e. The molecule has 1 saturated heterocycles. The number of thiazole rings is 1. The van der Waals surface area contributed by atoms with Crippen LogP contribution in [0.25, 0.3) is 10.2 Å². The number of nitrogens with one attached hydrogen (secondary N) is 1. The topological polar surface area (TPSA) is 45.2 Å². The van der Waals surface area contributed by atoms with E-state index in [2.05, 4.69) is 21.3 Å². The first-order valence-electron chi connectivity index (χ1n) is 9.19. The maximum atomic E-state index is 13.4. The van der Waals surface area contributed by atoms with Gasteiger partial charge in [-0.05, 0) is 56.5 Å². The third kappa shape index (κ3) is 3.81. The molecule has 0 aliphatic carbocycles. The summed E-state index contributed by atoms with van der Waals surface area (Å²) < 4.78 is 14.3. The molecule has 2 heterocycles. The Morgan fingerprint density at radius 3 is 2.93 bits per heavy atom. The van der Waals surface area contributed by atoms with Crippen molar-refractivity contribution < 1.29 is 9.18 Å². The highest BCUT2D eigenvalue weighted by atomic mass is 32.1. The first-order valence-corrected chi connectivity index (χ1v) is 10.0. The molecule has 6 heteroatoms. The summed E-state index contributed by atoms with van der Waals surface area (Å²) >= 11 is 1.48. The van der Waals surface area contributed by atoms with Crippen LogP contribution in [0.1, 0.15) is 24.0 Å². The van der Waals surface area contributed by atoms with Crippen LogP contribution >= 0.6 is 11.3 Å². The molecule has 27 heavy (non-hydrogen) atoms. The minimum atomic E-state index is -0.248. The maximum absolute atomic E-state index is 13.4. The van der Waals surface area contributed by atoms with E-state index >= 15 is 0 Å². The summed E-state index contributed by atoms with van der Waals surface area (Å²) in [6.45, 7) is 5.56. The van der Waals surface area contributed by atoms with E-state index in [0.717, 1.165) is 46.0 Å². The van der Waals surface area contributed by atoms with Crippen molar-refractivity contribution in [3.8, 4) is 0 Å². The molecule has 1 N–H and O–H groups in total. The first kappa shape index (κ1) is 17.9. The van der Waals surface area contributed by atoms with Crippen molar-refractivity contribution in [2.24, 2.45) is 5.92 Å². The lowest BCUT2D eigenvalue weighted by Gasteiger charge is -2.31. The van der Waals surface area contributed by atoms with Crippen LogP contribution in [-0.4, -0.2) is 24.0 Å². The quantitative estimate of drug-likeness (QED) is 0.699. The summed E-state index contributed by atoms with van der Waals surface area (Å²) in [5.41, 5.74) is 3.93. The molecule has 140 valence electrons. The van der Waals surface area contributed by atoms with E-state index in [-0.39, 0.29) is 17.6 Å². The average Bonchev–Trinajstić information content (AvgIpc) is 3.07. The fourth-order valence-electron chi connectivity index (χ4n) is 3.58. The van der Waals surface area contributed by atoms with Gasteiger partial charge in [-0.25, -0.2) is 9.37 Å². The van der Waals surface area contributed by atoms with E-state index in [1.807, 2.05) is 26.0 Å². The molecule has 1 unspecified atom stereocenters. The van der Waals surface area contributed by atoms with Crippen molar-refractivity contribution in [1.82, 2.24) is 4.98 Å². The van der Waals surface area contributed by atoms with Crippen LogP contribution in [0.4, 0.5) is 15.2 Å². The molecule has 4 nitrogen and oxygen atoms in total. The molecule has 1 aliphatic rings. The number of halogens is 1. The number of fused-ring (bicyclic) bond motifs is 1. The van der Waals surface area contributed by atoms with Gasteiger partial charge in [-0.15, -0.1) is 0 Å². The highest BCUT2D eigenvalue weighted by Crippen LogP contribution is 2.32. The summed E-state index contributed by atoms with van der Waals surface area (Å²) in [5, 5.41) is 3.94. The first-order chi connectivity index (χ1) is 13.0. The summed E-state index contributed by atoms with van der Waals surface area (Å²) in [4.78, 5) is 19.6. The van der Waals surface area contributed by atoms with Gasteiger partial charge in [0.1, 0.15) is 5.82 Å². The zero-order chi connectivity index (χ0) is 19.0. The van der Waals surface area contributed by atoms with Crippen LogP contribution in [-0.2, 0) is 4.79 Å². The molecule has 3 aromatic rings. The highest BCUT2D eigenvalue weighted by Gasteiger charge is 2.27. The van der Waals surface area contributed by atoms with Crippen molar-refractivity contribution >= 4 is 38.3 Å². The number of hydrogen-bond donors (Lipinski definition) is 1. The molecular weight excluding hydrogens is 361 g/mol. The summed E-state index contributed by atoms with van der Waals surface area (Å²) in [6, 6.07) is 10.7. The Labute approximate surface area is 162 Å². The van der Waals surface area contributed by atoms with Gasteiger partial charge in [-0.1, -0.05) is 29.0 Å². The Balaban J connectivity index is 1.49. The van der Waals surface area contributed by atoms with E-state index in [9.17, 15) is 9.18 Å². The van der Waals surface area contributed by atoms with Crippen LogP contribution in [0.2, 0.25) is 0 Å². The molecule has 1 amide bonds. The molecular formula is C21H22FN3OS. The van der Waals surface area contributed by atoms with Gasteiger partial charge in [-0.2, -0.15) is 0 Å². The predicted octanol–water partition coefficient (Wildman–Crippen LogP) is 4.91. The molecule has 1 atom stereocenters. The fourth-order valence-corrected chi connectivity index (χ4v) is 4.60. The number of carbonyl (C=O) groups is 1. The van der Waals surface area contributed by atoms with E-state index < -0.39 is 0 Å². The zero-order valence-corrected chi connectivity index (χ0v) is 16.3. The molecule has 0 bridgehead atoms. The van der Waals surface area contributed by atoms with Crippen LogP contribution in [0, 0.1) is 25.6 Å². The zero-order valence-electron chi connectivity index (χ0n) is 15.5. The second-order valence-corrected chi connectivity index (χ2v) is 8.21. The SMILES string of the molecule is Cc1ccc(NC(=O)C2CCCN(c3nc4ccc(F)cc4s3)C2)c(C)c1. The highest BCUT2D eigenvalue weighted by molar-refractivity contribution is 7.22. The number of aryl methyl sites for hydroxylation is 2. The third-order valence-electron chi connectivity index (χ3n) is 5.04. The van der Waals surface area contributed by atoms with Crippen LogP contribution in [0.5, 0.6) is 0 Å². The summed E-state index contributed by atoms with van der Waals surface area (Å²) in [7, 11) is 0. The Morgan fingerprint density at radius 2 is 2.11 bits per heavy atom. The van der Waals surface area contributed by atoms with Gasteiger partial charge in [0.25, 0.3) is 0 Å². The second kappa shape index (κ2) is 7.27. The molecule has 0 saturated carbocycles. The lowest BCUT2D eigenvalue weighted by molar-refractivity contribution is -0.120. The van der Waals surface area contributed by atoms with Crippen LogP contribution in [0.15, 0.2) is 36.4 Å². The summed E-state index contributed by atoms with van der Waals surface area (Å²) in [5.74, 6) is -0.274. The van der Waals surface area contributed by atoms with Gasteiger partial charge in [0, 0.05) is 18.8 Å². The van der Waals surface area contributed by atoms with Crippen molar-refractivity contribution in [2.45, 2.75) is 26.7 Å². The van der Waals surface area contributed by atoms with Gasteiger partial charge >= 0.3 is 0 Å². The second-order valence-electron chi connectivity index (χ2n) is 7.20. The van der Waals surface area contributed by atoms with Crippen molar-refractivity contribution in [1.29, 1.82) is 0 Å². The molecule has 0 spiro atoms. The van der Waals surface area contributed by atoms with Gasteiger partial charge in [-0.3, -0.25) is 4.79 Å². The standard InChI is InChI=1S/C21H22FN3OS/c1-13-5-7-17(14(2)10-13)23-20(26)15-4-3-9-25(12-15)21-24-18-8-6-16(22)11-19(18)27-21/h5-8,10-11,15H,3-4,9,12H2,1-2H3,(H,23,26). The minimum Gasteiger partial charge on any atom is -0.347 e.